The number of rotatable bonds is 5. The lowest BCUT2D eigenvalue weighted by atomic mass is 9.90. The molecule has 0 aromatic heterocycles. The average Bonchev–Trinajstić information content (AvgIpc) is 2.60. The summed E-state index contributed by atoms with van der Waals surface area (Å²) >= 11 is 0. The van der Waals surface area contributed by atoms with Crippen LogP contribution < -0.4 is 15.4 Å². The summed E-state index contributed by atoms with van der Waals surface area (Å²) in [6, 6.07) is 12.9. The number of carbonyl (C=O) groups is 2. The number of hydrogen-bond donors (Lipinski definition) is 3. The molecule has 2 aromatic rings. The first-order chi connectivity index (χ1) is 12.8. The van der Waals surface area contributed by atoms with Gasteiger partial charge in [0.1, 0.15) is 0 Å². The van der Waals surface area contributed by atoms with Gasteiger partial charge in [-0.3, -0.25) is 9.59 Å². The Bertz CT molecular complexity index is 969. The van der Waals surface area contributed by atoms with Crippen molar-refractivity contribution in [3.8, 4) is 0 Å². The van der Waals surface area contributed by atoms with Gasteiger partial charge < -0.3 is 10.6 Å². The van der Waals surface area contributed by atoms with Crippen LogP contribution in [0.3, 0.4) is 0 Å². The molecule has 7 nitrogen and oxygen atoms in total. The van der Waals surface area contributed by atoms with Gasteiger partial charge in [-0.25, -0.2) is 13.1 Å². The molecule has 0 saturated heterocycles. The molecular formula is C19H21N3O4S. The maximum atomic E-state index is 12.7. The van der Waals surface area contributed by atoms with Crippen molar-refractivity contribution in [3.63, 3.8) is 0 Å². The Kier molecular flexibility index (Phi) is 5.29. The molecule has 2 aromatic carbocycles. The molecule has 0 bridgehead atoms. The van der Waals surface area contributed by atoms with Crippen molar-refractivity contribution in [1.29, 1.82) is 0 Å². The number of carbonyl (C=O) groups excluding carboxylic acids is 2. The zero-order valence-corrected chi connectivity index (χ0v) is 15.8. The number of para-hydroxylation sites is 1. The molecular weight excluding hydrogens is 366 g/mol. The summed E-state index contributed by atoms with van der Waals surface area (Å²) in [5.41, 5.74) is 1.86. The van der Waals surface area contributed by atoms with Gasteiger partial charge in [0.15, 0.2) is 0 Å². The molecule has 3 N–H and O–H groups in total. The van der Waals surface area contributed by atoms with Gasteiger partial charge in [-0.05, 0) is 49.7 Å². The summed E-state index contributed by atoms with van der Waals surface area (Å²) in [6.07, 6.45) is 0.0631. The molecule has 0 unspecified atom stereocenters. The Morgan fingerprint density at radius 3 is 2.44 bits per heavy atom. The van der Waals surface area contributed by atoms with Gasteiger partial charge in [-0.15, -0.1) is 0 Å². The fourth-order valence-electron chi connectivity index (χ4n) is 2.97. The van der Waals surface area contributed by atoms with E-state index in [9.17, 15) is 18.0 Å². The van der Waals surface area contributed by atoms with Crippen LogP contribution in [-0.4, -0.2) is 26.3 Å². The number of amides is 2. The highest BCUT2D eigenvalue weighted by atomic mass is 32.2. The standard InChI is InChI=1S/C19H21N3O4S/c1-12(2)22-27(25,26)14-9-7-13(8-10-14)20-19(24)16-11-18(23)21-17-6-4-3-5-15(16)17/h3-10,12,16,22H,11H2,1-2H3,(H,20,24)(H,21,23)/t16-/m1/s1. The molecule has 0 aliphatic carbocycles. The molecule has 2 amide bonds. The zero-order chi connectivity index (χ0) is 19.6. The number of anilines is 2. The Labute approximate surface area is 158 Å². The quantitative estimate of drug-likeness (QED) is 0.733. The molecule has 3 rings (SSSR count). The molecule has 0 saturated carbocycles. The Hall–Kier alpha value is -2.71. The topological polar surface area (TPSA) is 104 Å². The van der Waals surface area contributed by atoms with E-state index in [-0.39, 0.29) is 29.2 Å². The fraction of sp³-hybridized carbons (Fsp3) is 0.263. The van der Waals surface area contributed by atoms with E-state index in [0.717, 1.165) is 5.56 Å². The van der Waals surface area contributed by atoms with E-state index in [4.69, 9.17) is 0 Å². The molecule has 27 heavy (non-hydrogen) atoms. The summed E-state index contributed by atoms with van der Waals surface area (Å²) < 4.78 is 26.8. The fourth-order valence-corrected chi connectivity index (χ4v) is 4.22. The Morgan fingerprint density at radius 1 is 1.11 bits per heavy atom. The largest absolute Gasteiger partial charge is 0.326 e. The third-order valence-electron chi connectivity index (χ3n) is 4.14. The first-order valence-corrected chi connectivity index (χ1v) is 10.1. The van der Waals surface area contributed by atoms with Crippen molar-refractivity contribution in [2.75, 3.05) is 10.6 Å². The molecule has 0 spiro atoms. The predicted molar refractivity (Wildman–Crippen MR) is 103 cm³/mol. The summed E-state index contributed by atoms with van der Waals surface area (Å²) in [5.74, 6) is -1.12. The third-order valence-corrected chi connectivity index (χ3v) is 5.81. The van der Waals surface area contributed by atoms with Crippen molar-refractivity contribution >= 4 is 33.2 Å². The van der Waals surface area contributed by atoms with Crippen LogP contribution in [0.2, 0.25) is 0 Å². The van der Waals surface area contributed by atoms with E-state index in [0.29, 0.717) is 11.4 Å². The van der Waals surface area contributed by atoms with Gasteiger partial charge >= 0.3 is 0 Å². The summed E-state index contributed by atoms with van der Waals surface area (Å²) in [4.78, 5) is 24.7. The minimum absolute atomic E-state index is 0.0631. The molecule has 0 radical (unpaired) electrons. The third kappa shape index (κ3) is 4.35. The van der Waals surface area contributed by atoms with E-state index in [1.165, 1.54) is 24.3 Å². The lowest BCUT2D eigenvalue weighted by Crippen LogP contribution is -2.31. The van der Waals surface area contributed by atoms with Gasteiger partial charge in [0.2, 0.25) is 21.8 Å². The smallest absolute Gasteiger partial charge is 0.240 e. The highest BCUT2D eigenvalue weighted by Crippen LogP contribution is 2.32. The van der Waals surface area contributed by atoms with Crippen LogP contribution in [0.1, 0.15) is 31.7 Å². The number of benzene rings is 2. The maximum Gasteiger partial charge on any atom is 0.240 e. The van der Waals surface area contributed by atoms with Crippen molar-refractivity contribution in [3.05, 3.63) is 54.1 Å². The first-order valence-electron chi connectivity index (χ1n) is 8.58. The average molecular weight is 387 g/mol. The van der Waals surface area contributed by atoms with E-state index < -0.39 is 15.9 Å². The monoisotopic (exact) mass is 387 g/mol. The van der Waals surface area contributed by atoms with Crippen LogP contribution >= 0.6 is 0 Å². The highest BCUT2D eigenvalue weighted by Gasteiger charge is 2.30. The van der Waals surface area contributed by atoms with Crippen LogP contribution in [0.15, 0.2) is 53.4 Å². The van der Waals surface area contributed by atoms with Crippen molar-refractivity contribution in [1.82, 2.24) is 4.72 Å². The van der Waals surface area contributed by atoms with Crippen LogP contribution in [0.5, 0.6) is 0 Å². The second kappa shape index (κ2) is 7.50. The summed E-state index contributed by atoms with van der Waals surface area (Å²) in [6.45, 7) is 3.48. The predicted octanol–water partition coefficient (Wildman–Crippen LogP) is 2.44. The van der Waals surface area contributed by atoms with Crippen molar-refractivity contribution in [2.45, 2.75) is 37.1 Å². The number of hydrogen-bond acceptors (Lipinski definition) is 4. The van der Waals surface area contributed by atoms with Gasteiger partial charge in [-0.1, -0.05) is 18.2 Å². The van der Waals surface area contributed by atoms with Crippen LogP contribution in [-0.2, 0) is 19.6 Å². The van der Waals surface area contributed by atoms with E-state index in [1.54, 1.807) is 26.0 Å². The van der Waals surface area contributed by atoms with E-state index in [1.807, 2.05) is 12.1 Å². The second-order valence-corrected chi connectivity index (χ2v) is 8.40. The zero-order valence-electron chi connectivity index (χ0n) is 15.0. The lowest BCUT2D eigenvalue weighted by molar-refractivity contribution is -0.123. The van der Waals surface area contributed by atoms with Gasteiger partial charge in [0, 0.05) is 23.8 Å². The van der Waals surface area contributed by atoms with Crippen LogP contribution in [0, 0.1) is 0 Å². The summed E-state index contributed by atoms with van der Waals surface area (Å²) in [7, 11) is -3.59. The Balaban J connectivity index is 1.76. The highest BCUT2D eigenvalue weighted by molar-refractivity contribution is 7.89. The molecule has 8 heteroatoms. The lowest BCUT2D eigenvalue weighted by Gasteiger charge is -2.24. The maximum absolute atomic E-state index is 12.7. The Morgan fingerprint density at radius 2 is 1.78 bits per heavy atom. The number of fused-ring (bicyclic) bond motifs is 1. The molecule has 1 aliphatic heterocycles. The first kappa shape index (κ1) is 19.1. The van der Waals surface area contributed by atoms with Crippen molar-refractivity contribution in [2.24, 2.45) is 0 Å². The van der Waals surface area contributed by atoms with E-state index in [2.05, 4.69) is 15.4 Å². The van der Waals surface area contributed by atoms with Gasteiger partial charge in [0.25, 0.3) is 0 Å². The SMILES string of the molecule is CC(C)NS(=O)(=O)c1ccc(NC(=O)[C@@H]2CC(=O)Nc3ccccc32)cc1. The minimum Gasteiger partial charge on any atom is -0.326 e. The van der Waals surface area contributed by atoms with Crippen LogP contribution in [0.4, 0.5) is 11.4 Å². The summed E-state index contributed by atoms with van der Waals surface area (Å²) in [5, 5.41) is 5.51. The molecule has 0 fully saturated rings. The van der Waals surface area contributed by atoms with Crippen molar-refractivity contribution < 1.29 is 18.0 Å². The number of sulfonamides is 1. The normalized spacial score (nSPS) is 16.6. The molecule has 142 valence electrons. The second-order valence-electron chi connectivity index (χ2n) is 6.68. The van der Waals surface area contributed by atoms with Crippen LogP contribution in [0.25, 0.3) is 0 Å². The number of nitrogens with one attached hydrogen (secondary N) is 3. The molecule has 1 atom stereocenters. The molecule has 1 heterocycles. The van der Waals surface area contributed by atoms with Gasteiger partial charge in [-0.2, -0.15) is 0 Å². The van der Waals surface area contributed by atoms with Gasteiger partial charge in [0.05, 0.1) is 10.8 Å². The van der Waals surface area contributed by atoms with E-state index >= 15 is 0 Å². The molecule has 1 aliphatic rings. The minimum atomic E-state index is -3.59.